The van der Waals surface area contributed by atoms with Gasteiger partial charge in [0, 0.05) is 11.6 Å². The van der Waals surface area contributed by atoms with E-state index >= 15 is 0 Å². The number of likely N-dealkylation sites (tertiary alicyclic amines) is 1. The number of hydrogen-bond acceptors (Lipinski definition) is 5. The third-order valence-corrected chi connectivity index (χ3v) is 7.42. The molecule has 6 rings (SSSR count). The lowest BCUT2D eigenvalue weighted by atomic mass is 9.50. The van der Waals surface area contributed by atoms with Crippen LogP contribution in [0.1, 0.15) is 23.1 Å². The number of rotatable bonds is 3. The van der Waals surface area contributed by atoms with Gasteiger partial charge in [-0.1, -0.05) is 36.4 Å². The molecule has 2 aromatic carbocycles. The van der Waals surface area contributed by atoms with E-state index in [4.69, 9.17) is 9.47 Å². The summed E-state index contributed by atoms with van der Waals surface area (Å²) in [6.07, 6.45) is 4.51. The van der Waals surface area contributed by atoms with Gasteiger partial charge in [0.2, 0.25) is 0 Å². The largest absolute Gasteiger partial charge is 0.504 e. The van der Waals surface area contributed by atoms with Crippen molar-refractivity contribution < 1.29 is 19.4 Å². The SMILES string of the molecule is CN1CC[C@]23c4c5ccc(O)c4O[C@H]2C(=O)C=CC3(OCc2ccccc2)[C@H]1C5. The van der Waals surface area contributed by atoms with Crippen molar-refractivity contribution in [3.05, 3.63) is 71.3 Å². The Balaban J connectivity index is 1.58. The average Bonchev–Trinajstić information content (AvgIpc) is 3.10. The summed E-state index contributed by atoms with van der Waals surface area (Å²) >= 11 is 0. The molecular weight excluding hydrogens is 366 g/mol. The van der Waals surface area contributed by atoms with Gasteiger partial charge in [0.1, 0.15) is 5.60 Å². The fourth-order valence-electron chi connectivity index (χ4n) is 6.15. The predicted molar refractivity (Wildman–Crippen MR) is 107 cm³/mol. The van der Waals surface area contributed by atoms with Crippen molar-refractivity contribution in [1.29, 1.82) is 0 Å². The molecule has 4 aliphatic rings. The second-order valence-electron chi connectivity index (χ2n) is 8.67. The van der Waals surface area contributed by atoms with E-state index in [0.717, 1.165) is 36.1 Å². The second kappa shape index (κ2) is 5.71. The number of piperidine rings is 1. The summed E-state index contributed by atoms with van der Waals surface area (Å²) in [6.45, 7) is 1.32. The Kier molecular flexibility index (Phi) is 3.40. The Bertz CT molecular complexity index is 1050. The van der Waals surface area contributed by atoms with Crippen molar-refractivity contribution in [3.8, 4) is 11.5 Å². The van der Waals surface area contributed by atoms with Gasteiger partial charge in [-0.15, -0.1) is 0 Å². The van der Waals surface area contributed by atoms with Crippen molar-refractivity contribution in [3.63, 3.8) is 0 Å². The van der Waals surface area contributed by atoms with E-state index in [0.29, 0.717) is 12.4 Å². The molecular formula is C24H23NO4. The highest BCUT2D eigenvalue weighted by Crippen LogP contribution is 2.64. The lowest BCUT2D eigenvalue weighted by molar-refractivity contribution is -0.178. The van der Waals surface area contributed by atoms with Gasteiger partial charge in [0.25, 0.3) is 0 Å². The monoisotopic (exact) mass is 389 g/mol. The highest BCUT2D eigenvalue weighted by molar-refractivity contribution is 5.99. The Labute approximate surface area is 169 Å². The van der Waals surface area contributed by atoms with E-state index in [-0.39, 0.29) is 17.6 Å². The molecule has 0 amide bonds. The van der Waals surface area contributed by atoms with Crippen LogP contribution in [0.3, 0.4) is 0 Å². The van der Waals surface area contributed by atoms with Gasteiger partial charge in [-0.25, -0.2) is 0 Å². The van der Waals surface area contributed by atoms with Crippen molar-refractivity contribution in [2.24, 2.45) is 0 Å². The number of phenols is 1. The van der Waals surface area contributed by atoms with E-state index in [1.54, 1.807) is 12.1 Å². The number of aromatic hydroxyl groups is 1. The summed E-state index contributed by atoms with van der Waals surface area (Å²) < 4.78 is 13.0. The molecule has 5 nitrogen and oxygen atoms in total. The fraction of sp³-hybridized carbons (Fsp3) is 0.375. The normalized spacial score (nSPS) is 34.0. The summed E-state index contributed by atoms with van der Waals surface area (Å²) in [4.78, 5) is 15.3. The lowest BCUT2D eigenvalue weighted by Crippen LogP contribution is -2.75. The molecule has 1 N–H and O–H groups in total. The fourth-order valence-corrected chi connectivity index (χ4v) is 6.15. The molecule has 2 bridgehead atoms. The lowest BCUT2D eigenvalue weighted by Gasteiger charge is -2.62. The zero-order valence-corrected chi connectivity index (χ0v) is 16.3. The predicted octanol–water partition coefficient (Wildman–Crippen LogP) is 2.75. The maximum absolute atomic E-state index is 13.0. The van der Waals surface area contributed by atoms with E-state index in [1.165, 1.54) is 0 Å². The van der Waals surface area contributed by atoms with Gasteiger partial charge in [-0.05, 0) is 55.8 Å². The quantitative estimate of drug-likeness (QED) is 0.875. The van der Waals surface area contributed by atoms with Gasteiger partial charge in [-0.3, -0.25) is 9.69 Å². The zero-order valence-electron chi connectivity index (χ0n) is 16.3. The van der Waals surface area contributed by atoms with Crippen molar-refractivity contribution >= 4 is 5.78 Å². The van der Waals surface area contributed by atoms with Gasteiger partial charge in [0.05, 0.1) is 12.0 Å². The van der Waals surface area contributed by atoms with Crippen molar-refractivity contribution in [2.45, 2.75) is 42.6 Å². The minimum Gasteiger partial charge on any atom is -0.504 e. The van der Waals surface area contributed by atoms with Crippen LogP contribution < -0.4 is 4.74 Å². The molecule has 0 saturated carbocycles. The number of carbonyl (C=O) groups excluding carboxylic acids is 1. The molecule has 1 unspecified atom stereocenters. The van der Waals surface area contributed by atoms with Crippen LogP contribution >= 0.6 is 0 Å². The number of nitrogens with zero attached hydrogens (tertiary/aromatic N) is 1. The van der Waals surface area contributed by atoms with Crippen LogP contribution in [0.5, 0.6) is 11.5 Å². The third kappa shape index (κ3) is 1.99. The molecule has 1 saturated heterocycles. The summed E-state index contributed by atoms with van der Waals surface area (Å²) in [7, 11) is 2.13. The van der Waals surface area contributed by atoms with Gasteiger partial charge >= 0.3 is 0 Å². The summed E-state index contributed by atoms with van der Waals surface area (Å²) in [5.74, 6) is 0.533. The number of ketones is 1. The number of ether oxygens (including phenoxy) is 2. The number of phenolic OH excluding ortho intramolecular Hbond substituents is 1. The number of benzene rings is 2. The third-order valence-electron chi connectivity index (χ3n) is 7.42. The smallest absolute Gasteiger partial charge is 0.196 e. The standard InChI is InChI=1S/C24H23NO4/c1-25-12-11-23-20-16-7-8-17(26)21(20)29-22(23)18(27)9-10-24(23,19(25)13-16)28-14-15-5-3-2-4-6-15/h2-10,19,22,26H,11-14H2,1H3/t19-,22+,23+,24?/m1/s1. The van der Waals surface area contributed by atoms with E-state index in [1.807, 2.05) is 30.3 Å². The summed E-state index contributed by atoms with van der Waals surface area (Å²) in [5, 5.41) is 10.5. The highest BCUT2D eigenvalue weighted by Gasteiger charge is 2.72. The van der Waals surface area contributed by atoms with Gasteiger partial charge in [-0.2, -0.15) is 0 Å². The van der Waals surface area contributed by atoms with Gasteiger partial charge in [0.15, 0.2) is 23.4 Å². The molecule has 1 spiro atoms. The minimum atomic E-state index is -0.680. The molecule has 2 aliphatic heterocycles. The molecule has 4 atom stereocenters. The van der Waals surface area contributed by atoms with Crippen LogP contribution in [0.4, 0.5) is 0 Å². The van der Waals surface area contributed by atoms with Gasteiger partial charge < -0.3 is 14.6 Å². The van der Waals surface area contributed by atoms with Crippen molar-refractivity contribution in [1.82, 2.24) is 4.90 Å². The Hall–Kier alpha value is -2.63. The summed E-state index contributed by atoms with van der Waals surface area (Å²) in [6, 6.07) is 13.9. The number of likely N-dealkylation sites (N-methyl/N-ethyl adjacent to an activating group) is 1. The summed E-state index contributed by atoms with van der Waals surface area (Å²) in [5.41, 5.74) is 1.95. The van der Waals surface area contributed by atoms with Crippen LogP contribution in [-0.4, -0.2) is 47.1 Å². The molecule has 1 fully saturated rings. The zero-order chi connectivity index (χ0) is 19.8. The molecule has 2 aliphatic carbocycles. The van der Waals surface area contributed by atoms with Crippen LogP contribution in [0.15, 0.2) is 54.6 Å². The van der Waals surface area contributed by atoms with Crippen LogP contribution in [0.25, 0.3) is 0 Å². The number of hydrogen-bond donors (Lipinski definition) is 1. The first-order chi connectivity index (χ1) is 14.1. The first kappa shape index (κ1) is 17.2. The topological polar surface area (TPSA) is 59.0 Å². The molecule has 5 heteroatoms. The first-order valence-corrected chi connectivity index (χ1v) is 10.2. The minimum absolute atomic E-state index is 0.0457. The first-order valence-electron chi connectivity index (χ1n) is 10.2. The molecule has 2 heterocycles. The maximum atomic E-state index is 13.0. The Morgan fingerprint density at radius 1 is 1.24 bits per heavy atom. The van der Waals surface area contributed by atoms with Crippen LogP contribution in [-0.2, 0) is 28.0 Å². The molecule has 0 aromatic heterocycles. The van der Waals surface area contributed by atoms with E-state index in [9.17, 15) is 9.90 Å². The Morgan fingerprint density at radius 3 is 2.90 bits per heavy atom. The molecule has 148 valence electrons. The maximum Gasteiger partial charge on any atom is 0.196 e. The van der Waals surface area contributed by atoms with Crippen LogP contribution in [0, 0.1) is 0 Å². The molecule has 29 heavy (non-hydrogen) atoms. The second-order valence-corrected chi connectivity index (χ2v) is 8.67. The van der Waals surface area contributed by atoms with Crippen LogP contribution in [0.2, 0.25) is 0 Å². The Morgan fingerprint density at radius 2 is 2.07 bits per heavy atom. The van der Waals surface area contributed by atoms with E-state index < -0.39 is 17.1 Å². The highest BCUT2D eigenvalue weighted by atomic mass is 16.5. The average molecular weight is 389 g/mol. The molecule has 0 radical (unpaired) electrons. The van der Waals surface area contributed by atoms with E-state index in [2.05, 4.69) is 24.1 Å². The number of carbonyl (C=O) groups is 1. The molecule has 2 aromatic rings. The van der Waals surface area contributed by atoms with Crippen molar-refractivity contribution in [2.75, 3.05) is 13.6 Å².